The minimum Gasteiger partial charge on any atom is -0.329 e. The van der Waals surface area contributed by atoms with E-state index in [4.69, 9.17) is 5.73 Å². The highest BCUT2D eigenvalue weighted by Crippen LogP contribution is 2.42. The highest BCUT2D eigenvalue weighted by atomic mass is 32.2. The van der Waals surface area contributed by atoms with Crippen LogP contribution in [0.2, 0.25) is 0 Å². The minimum atomic E-state index is 0.252. The van der Waals surface area contributed by atoms with Crippen molar-refractivity contribution in [3.05, 3.63) is 0 Å². The maximum Gasteiger partial charge on any atom is 0.0424 e. The smallest absolute Gasteiger partial charge is 0.0424 e. The molecule has 1 saturated carbocycles. The van der Waals surface area contributed by atoms with E-state index < -0.39 is 0 Å². The standard InChI is InChI=1S/C14H28N2S/c1-13(2)8-14(9-15,11-17-10-13)16(3)7-12-5-4-6-12/h12H,4-11,15H2,1-3H3. The zero-order valence-corrected chi connectivity index (χ0v) is 12.5. The second-order valence-electron chi connectivity index (χ2n) is 6.94. The van der Waals surface area contributed by atoms with E-state index in [1.165, 1.54) is 43.7 Å². The molecule has 1 saturated heterocycles. The van der Waals surface area contributed by atoms with Crippen molar-refractivity contribution in [2.45, 2.75) is 45.1 Å². The van der Waals surface area contributed by atoms with Crippen molar-refractivity contribution in [1.82, 2.24) is 4.90 Å². The van der Waals surface area contributed by atoms with Gasteiger partial charge in [0.05, 0.1) is 0 Å². The van der Waals surface area contributed by atoms with Crippen LogP contribution in [0, 0.1) is 11.3 Å². The first-order valence-corrected chi connectivity index (χ1v) is 8.12. The largest absolute Gasteiger partial charge is 0.329 e. The quantitative estimate of drug-likeness (QED) is 0.838. The van der Waals surface area contributed by atoms with Gasteiger partial charge in [-0.05, 0) is 43.4 Å². The van der Waals surface area contributed by atoms with Gasteiger partial charge in [-0.2, -0.15) is 11.8 Å². The van der Waals surface area contributed by atoms with Gasteiger partial charge in [-0.3, -0.25) is 4.90 Å². The van der Waals surface area contributed by atoms with Crippen molar-refractivity contribution in [3.8, 4) is 0 Å². The van der Waals surface area contributed by atoms with Gasteiger partial charge in [-0.1, -0.05) is 20.3 Å². The lowest BCUT2D eigenvalue weighted by Gasteiger charge is -2.50. The third-order valence-electron chi connectivity index (χ3n) is 4.62. The van der Waals surface area contributed by atoms with Crippen LogP contribution in [0.25, 0.3) is 0 Å². The first kappa shape index (κ1) is 13.7. The minimum absolute atomic E-state index is 0.252. The highest BCUT2D eigenvalue weighted by molar-refractivity contribution is 7.99. The lowest BCUT2D eigenvalue weighted by molar-refractivity contribution is 0.0638. The van der Waals surface area contributed by atoms with Gasteiger partial charge in [-0.15, -0.1) is 0 Å². The van der Waals surface area contributed by atoms with Crippen molar-refractivity contribution >= 4 is 11.8 Å². The van der Waals surface area contributed by atoms with Gasteiger partial charge < -0.3 is 5.73 Å². The Bertz CT molecular complexity index is 263. The highest BCUT2D eigenvalue weighted by Gasteiger charge is 2.43. The normalized spacial score (nSPS) is 33.7. The summed E-state index contributed by atoms with van der Waals surface area (Å²) in [6.07, 6.45) is 5.56. The fourth-order valence-electron chi connectivity index (χ4n) is 3.30. The molecule has 0 amide bonds. The number of hydrogen-bond acceptors (Lipinski definition) is 3. The zero-order chi connectivity index (χ0) is 12.5. The summed E-state index contributed by atoms with van der Waals surface area (Å²) in [5.41, 5.74) is 6.83. The molecule has 0 bridgehead atoms. The third-order valence-corrected chi connectivity index (χ3v) is 6.34. The summed E-state index contributed by atoms with van der Waals surface area (Å²) in [4.78, 5) is 2.59. The molecule has 100 valence electrons. The molecule has 2 N–H and O–H groups in total. The molecule has 1 aliphatic heterocycles. The average Bonchev–Trinajstić information content (AvgIpc) is 2.21. The molecule has 0 radical (unpaired) electrons. The topological polar surface area (TPSA) is 29.3 Å². The number of thioether (sulfide) groups is 1. The van der Waals surface area contributed by atoms with E-state index in [0.29, 0.717) is 5.41 Å². The second kappa shape index (κ2) is 5.10. The Labute approximate surface area is 111 Å². The summed E-state index contributed by atoms with van der Waals surface area (Å²) in [6.45, 7) is 6.85. The lowest BCUT2D eigenvalue weighted by atomic mass is 9.77. The van der Waals surface area contributed by atoms with Crippen LogP contribution in [0.3, 0.4) is 0 Å². The summed E-state index contributed by atoms with van der Waals surface area (Å²) in [6, 6.07) is 0. The molecular weight excluding hydrogens is 228 g/mol. The Hall–Kier alpha value is 0.270. The van der Waals surface area contributed by atoms with Crippen LogP contribution in [0.1, 0.15) is 39.5 Å². The molecule has 2 nitrogen and oxygen atoms in total. The van der Waals surface area contributed by atoms with Crippen LogP contribution in [-0.2, 0) is 0 Å². The fourth-order valence-corrected chi connectivity index (χ4v) is 4.88. The van der Waals surface area contributed by atoms with E-state index in [9.17, 15) is 0 Å². The van der Waals surface area contributed by atoms with Gasteiger partial charge in [-0.25, -0.2) is 0 Å². The molecule has 0 aromatic heterocycles. The second-order valence-corrected chi connectivity index (χ2v) is 7.93. The van der Waals surface area contributed by atoms with E-state index in [0.717, 1.165) is 12.5 Å². The number of hydrogen-bond donors (Lipinski definition) is 1. The van der Waals surface area contributed by atoms with Gasteiger partial charge in [0.25, 0.3) is 0 Å². The van der Waals surface area contributed by atoms with Gasteiger partial charge in [0.2, 0.25) is 0 Å². The molecule has 1 atom stereocenters. The van der Waals surface area contributed by atoms with Crippen molar-refractivity contribution in [2.24, 2.45) is 17.1 Å². The Morgan fingerprint density at radius 3 is 2.47 bits per heavy atom. The van der Waals surface area contributed by atoms with Gasteiger partial charge in [0.1, 0.15) is 0 Å². The van der Waals surface area contributed by atoms with E-state index >= 15 is 0 Å². The first-order chi connectivity index (χ1) is 7.97. The molecule has 17 heavy (non-hydrogen) atoms. The Morgan fingerprint density at radius 2 is 2.00 bits per heavy atom. The zero-order valence-electron chi connectivity index (χ0n) is 11.7. The summed E-state index contributed by atoms with van der Waals surface area (Å²) in [5.74, 6) is 3.45. The predicted molar refractivity (Wildman–Crippen MR) is 77.5 cm³/mol. The first-order valence-electron chi connectivity index (χ1n) is 6.97. The summed E-state index contributed by atoms with van der Waals surface area (Å²) in [5, 5.41) is 0. The molecule has 3 heteroatoms. The number of likely N-dealkylation sites (N-methyl/N-ethyl adjacent to an activating group) is 1. The van der Waals surface area contributed by atoms with Crippen LogP contribution in [0.15, 0.2) is 0 Å². The number of nitrogens with two attached hydrogens (primary N) is 1. The van der Waals surface area contributed by atoms with Crippen molar-refractivity contribution in [3.63, 3.8) is 0 Å². The van der Waals surface area contributed by atoms with Crippen LogP contribution in [-0.4, -0.2) is 42.1 Å². The fraction of sp³-hybridized carbons (Fsp3) is 1.00. The molecule has 1 heterocycles. The van der Waals surface area contributed by atoms with Crippen molar-refractivity contribution < 1.29 is 0 Å². The third kappa shape index (κ3) is 2.99. The van der Waals surface area contributed by atoms with Crippen LogP contribution in [0.5, 0.6) is 0 Å². The Kier molecular flexibility index (Phi) is 4.11. The number of nitrogens with zero attached hydrogens (tertiary/aromatic N) is 1. The molecule has 2 aliphatic rings. The maximum absolute atomic E-state index is 6.14. The van der Waals surface area contributed by atoms with Crippen LogP contribution >= 0.6 is 11.8 Å². The molecule has 0 aromatic carbocycles. The monoisotopic (exact) mass is 256 g/mol. The number of rotatable bonds is 4. The van der Waals surface area contributed by atoms with Gasteiger partial charge >= 0.3 is 0 Å². The summed E-state index contributed by atoms with van der Waals surface area (Å²) < 4.78 is 0. The van der Waals surface area contributed by atoms with E-state index in [1.807, 2.05) is 0 Å². The Balaban J connectivity index is 2.01. The molecule has 1 unspecified atom stereocenters. The SMILES string of the molecule is CN(CC1CCC1)C1(CN)CSCC(C)(C)C1. The molecule has 0 spiro atoms. The average molecular weight is 256 g/mol. The van der Waals surface area contributed by atoms with E-state index in [1.54, 1.807) is 0 Å². The predicted octanol–water partition coefficient (Wildman–Crippen LogP) is 2.58. The molecule has 2 fully saturated rings. The molecular formula is C14H28N2S. The van der Waals surface area contributed by atoms with E-state index in [2.05, 4.69) is 37.6 Å². The van der Waals surface area contributed by atoms with Crippen LogP contribution < -0.4 is 5.73 Å². The van der Waals surface area contributed by atoms with Gasteiger partial charge in [0.15, 0.2) is 0 Å². The van der Waals surface area contributed by atoms with Crippen LogP contribution in [0.4, 0.5) is 0 Å². The van der Waals surface area contributed by atoms with Crippen molar-refractivity contribution in [1.29, 1.82) is 0 Å². The van der Waals surface area contributed by atoms with E-state index in [-0.39, 0.29) is 5.54 Å². The molecule has 2 rings (SSSR count). The summed E-state index contributed by atoms with van der Waals surface area (Å²) >= 11 is 2.09. The molecule has 0 aromatic rings. The maximum atomic E-state index is 6.14. The Morgan fingerprint density at radius 1 is 1.29 bits per heavy atom. The van der Waals surface area contributed by atoms with Crippen molar-refractivity contribution in [2.75, 3.05) is 31.6 Å². The van der Waals surface area contributed by atoms with Gasteiger partial charge in [0, 0.05) is 24.4 Å². The summed E-state index contributed by atoms with van der Waals surface area (Å²) in [7, 11) is 2.30. The lowest BCUT2D eigenvalue weighted by Crippen LogP contribution is -2.59. The molecule has 1 aliphatic carbocycles.